The topological polar surface area (TPSA) is 68.3 Å². The van der Waals surface area contributed by atoms with Crippen LogP contribution in [0.25, 0.3) is 0 Å². The first-order valence-corrected chi connectivity index (χ1v) is 8.63. The third-order valence-electron chi connectivity index (χ3n) is 5.29. The summed E-state index contributed by atoms with van der Waals surface area (Å²) < 4.78 is 11.4. The van der Waals surface area contributed by atoms with Gasteiger partial charge in [0.1, 0.15) is 0 Å². The number of nitrogens with two attached hydrogens (primary N) is 1. The summed E-state index contributed by atoms with van der Waals surface area (Å²) in [6, 6.07) is 8.56. The van der Waals surface area contributed by atoms with E-state index in [2.05, 4.69) is 6.07 Å². The Bertz CT molecular complexity index is 592. The minimum atomic E-state index is -0.438. The molecule has 3 rings (SSSR count). The van der Waals surface area contributed by atoms with Gasteiger partial charge in [-0.2, -0.15) is 5.26 Å². The van der Waals surface area contributed by atoms with Crippen LogP contribution in [0.15, 0.2) is 18.2 Å². The standard InChI is InChI=1S/C19H26N2O2/c1-22-17-7-6-16(9-18(17)23-12-14-4-5-14)19(13-21)8-2-3-15(10-19)11-20/h6-7,9,14-15H,2-5,8,10-12,20H2,1H3. The molecule has 1 aromatic carbocycles. The van der Waals surface area contributed by atoms with Gasteiger partial charge in [0.25, 0.3) is 0 Å². The van der Waals surface area contributed by atoms with Crippen LogP contribution >= 0.6 is 0 Å². The lowest BCUT2D eigenvalue weighted by Crippen LogP contribution is -2.34. The van der Waals surface area contributed by atoms with Crippen molar-refractivity contribution < 1.29 is 9.47 Å². The molecule has 2 N–H and O–H groups in total. The maximum atomic E-state index is 9.89. The Balaban J connectivity index is 1.87. The Kier molecular flexibility index (Phi) is 4.77. The van der Waals surface area contributed by atoms with E-state index in [-0.39, 0.29) is 0 Å². The van der Waals surface area contributed by atoms with Crippen LogP contribution in [0.1, 0.15) is 44.1 Å². The quantitative estimate of drug-likeness (QED) is 0.874. The molecule has 4 nitrogen and oxygen atoms in total. The second-order valence-corrected chi connectivity index (χ2v) is 7.01. The molecular weight excluding hydrogens is 288 g/mol. The predicted molar refractivity (Wildman–Crippen MR) is 89.5 cm³/mol. The fourth-order valence-electron chi connectivity index (χ4n) is 3.60. The molecule has 0 spiro atoms. The van der Waals surface area contributed by atoms with Crippen LogP contribution in [-0.4, -0.2) is 20.3 Å². The Hall–Kier alpha value is -1.73. The van der Waals surface area contributed by atoms with E-state index in [1.54, 1.807) is 7.11 Å². The van der Waals surface area contributed by atoms with Gasteiger partial charge in [0, 0.05) is 0 Å². The molecule has 2 aliphatic rings. The van der Waals surface area contributed by atoms with Gasteiger partial charge in [0.05, 0.1) is 25.2 Å². The van der Waals surface area contributed by atoms with E-state index in [0.717, 1.165) is 49.4 Å². The summed E-state index contributed by atoms with van der Waals surface area (Å²) in [5.41, 5.74) is 6.47. The van der Waals surface area contributed by atoms with Crippen molar-refractivity contribution in [3.8, 4) is 17.6 Å². The van der Waals surface area contributed by atoms with Crippen molar-refractivity contribution in [2.75, 3.05) is 20.3 Å². The zero-order valence-electron chi connectivity index (χ0n) is 13.9. The summed E-state index contributed by atoms with van der Waals surface area (Å²) >= 11 is 0. The Morgan fingerprint density at radius 3 is 2.74 bits per heavy atom. The van der Waals surface area contributed by atoms with Gasteiger partial charge in [-0.25, -0.2) is 0 Å². The normalized spacial score (nSPS) is 27.3. The van der Waals surface area contributed by atoms with Crippen molar-refractivity contribution in [2.45, 2.75) is 43.9 Å². The molecule has 2 fully saturated rings. The first kappa shape index (κ1) is 16.1. The second-order valence-electron chi connectivity index (χ2n) is 7.01. The highest BCUT2D eigenvalue weighted by Crippen LogP contribution is 2.44. The van der Waals surface area contributed by atoms with Crippen LogP contribution < -0.4 is 15.2 Å². The van der Waals surface area contributed by atoms with E-state index in [1.807, 2.05) is 18.2 Å². The van der Waals surface area contributed by atoms with E-state index < -0.39 is 5.41 Å². The zero-order chi connectivity index (χ0) is 16.3. The number of hydrogen-bond acceptors (Lipinski definition) is 4. The lowest BCUT2D eigenvalue weighted by Gasteiger charge is -2.36. The number of nitriles is 1. The summed E-state index contributed by atoms with van der Waals surface area (Å²) in [7, 11) is 1.66. The lowest BCUT2D eigenvalue weighted by atomic mass is 9.66. The molecule has 0 saturated heterocycles. The molecule has 0 radical (unpaired) electrons. The molecule has 23 heavy (non-hydrogen) atoms. The van der Waals surface area contributed by atoms with Gasteiger partial charge >= 0.3 is 0 Å². The van der Waals surface area contributed by atoms with Crippen LogP contribution in [0.2, 0.25) is 0 Å². The molecule has 4 heteroatoms. The van der Waals surface area contributed by atoms with E-state index in [0.29, 0.717) is 18.4 Å². The highest BCUT2D eigenvalue weighted by atomic mass is 16.5. The van der Waals surface area contributed by atoms with Crippen molar-refractivity contribution >= 4 is 0 Å². The number of ether oxygens (including phenoxy) is 2. The molecule has 124 valence electrons. The van der Waals surface area contributed by atoms with Gasteiger partial charge in [-0.15, -0.1) is 0 Å². The van der Waals surface area contributed by atoms with Gasteiger partial charge in [-0.3, -0.25) is 0 Å². The number of methoxy groups -OCH3 is 1. The summed E-state index contributed by atoms with van der Waals surface area (Å²) in [4.78, 5) is 0. The van der Waals surface area contributed by atoms with Gasteiger partial charge in [0.15, 0.2) is 11.5 Å². The van der Waals surface area contributed by atoms with Gasteiger partial charge < -0.3 is 15.2 Å². The fraction of sp³-hybridized carbons (Fsp3) is 0.632. The van der Waals surface area contributed by atoms with E-state index in [1.165, 1.54) is 12.8 Å². The summed E-state index contributed by atoms with van der Waals surface area (Å²) in [6.07, 6.45) is 6.42. The van der Waals surface area contributed by atoms with Crippen LogP contribution in [-0.2, 0) is 5.41 Å². The molecule has 0 amide bonds. The molecule has 0 aromatic heterocycles. The largest absolute Gasteiger partial charge is 0.493 e. The highest BCUT2D eigenvalue weighted by Gasteiger charge is 2.38. The molecule has 2 unspecified atom stereocenters. The molecular formula is C19H26N2O2. The van der Waals surface area contributed by atoms with Gasteiger partial charge in [0.2, 0.25) is 0 Å². The Morgan fingerprint density at radius 2 is 2.09 bits per heavy atom. The van der Waals surface area contributed by atoms with Crippen LogP contribution in [0.4, 0.5) is 0 Å². The molecule has 0 heterocycles. The lowest BCUT2D eigenvalue weighted by molar-refractivity contribution is 0.267. The minimum absolute atomic E-state index is 0.432. The maximum Gasteiger partial charge on any atom is 0.161 e. The number of rotatable bonds is 6. The number of hydrogen-bond donors (Lipinski definition) is 1. The van der Waals surface area contributed by atoms with Crippen molar-refractivity contribution in [1.82, 2.24) is 0 Å². The molecule has 0 bridgehead atoms. The highest BCUT2D eigenvalue weighted by molar-refractivity contribution is 5.47. The average molecular weight is 314 g/mol. The van der Waals surface area contributed by atoms with E-state index in [9.17, 15) is 5.26 Å². The summed E-state index contributed by atoms with van der Waals surface area (Å²) in [5, 5.41) is 9.89. The summed E-state index contributed by atoms with van der Waals surface area (Å²) in [6.45, 7) is 1.40. The third kappa shape index (κ3) is 3.45. The fourth-order valence-corrected chi connectivity index (χ4v) is 3.60. The van der Waals surface area contributed by atoms with Crippen LogP contribution in [0, 0.1) is 23.2 Å². The molecule has 0 aliphatic heterocycles. The zero-order valence-corrected chi connectivity index (χ0v) is 13.9. The number of nitrogens with zero attached hydrogens (tertiary/aromatic N) is 1. The van der Waals surface area contributed by atoms with Crippen molar-refractivity contribution in [3.05, 3.63) is 23.8 Å². The molecule has 2 saturated carbocycles. The smallest absolute Gasteiger partial charge is 0.161 e. The molecule has 2 aliphatic carbocycles. The van der Waals surface area contributed by atoms with Crippen molar-refractivity contribution in [1.29, 1.82) is 5.26 Å². The maximum absolute atomic E-state index is 9.89. The predicted octanol–water partition coefficient (Wildman–Crippen LogP) is 3.39. The van der Waals surface area contributed by atoms with Gasteiger partial charge in [-0.05, 0) is 68.2 Å². The Morgan fingerprint density at radius 1 is 1.26 bits per heavy atom. The number of benzene rings is 1. The third-order valence-corrected chi connectivity index (χ3v) is 5.29. The van der Waals surface area contributed by atoms with E-state index in [4.69, 9.17) is 15.2 Å². The van der Waals surface area contributed by atoms with Crippen molar-refractivity contribution in [3.63, 3.8) is 0 Å². The Labute approximate surface area is 138 Å². The monoisotopic (exact) mass is 314 g/mol. The molecule has 2 atom stereocenters. The van der Waals surface area contributed by atoms with Crippen molar-refractivity contribution in [2.24, 2.45) is 17.6 Å². The van der Waals surface area contributed by atoms with E-state index >= 15 is 0 Å². The minimum Gasteiger partial charge on any atom is -0.493 e. The first-order valence-electron chi connectivity index (χ1n) is 8.63. The molecule has 1 aromatic rings. The van der Waals surface area contributed by atoms with Crippen LogP contribution in [0.5, 0.6) is 11.5 Å². The summed E-state index contributed by atoms with van der Waals surface area (Å²) in [5.74, 6) is 2.63. The van der Waals surface area contributed by atoms with Crippen LogP contribution in [0.3, 0.4) is 0 Å². The second kappa shape index (κ2) is 6.80. The average Bonchev–Trinajstić information content (AvgIpc) is 3.44. The van der Waals surface area contributed by atoms with Gasteiger partial charge in [-0.1, -0.05) is 12.5 Å². The first-order chi connectivity index (χ1) is 11.2. The SMILES string of the molecule is COc1ccc(C2(C#N)CCCC(CN)C2)cc1OCC1CC1.